The molecule has 0 fully saturated rings. The normalized spacial score (nSPS) is 14.2. The first kappa shape index (κ1) is 20.5. The zero-order valence-corrected chi connectivity index (χ0v) is 18.2. The van der Waals surface area contributed by atoms with Crippen LogP contribution in [0.15, 0.2) is 60.8 Å². The Morgan fingerprint density at radius 1 is 0.938 bits per heavy atom. The Hall–Kier alpha value is -3.35. The number of rotatable bonds is 3. The van der Waals surface area contributed by atoms with Crippen molar-refractivity contribution in [2.24, 2.45) is 0 Å². The van der Waals surface area contributed by atoms with Gasteiger partial charge in [-0.3, -0.25) is 14.5 Å². The topological polar surface area (TPSA) is 63.2 Å². The molecular weight excluding hydrogens is 452 g/mol. The molecule has 0 bridgehead atoms. The van der Waals surface area contributed by atoms with Gasteiger partial charge in [0.1, 0.15) is 11.0 Å². The maximum atomic E-state index is 14.1. The van der Waals surface area contributed by atoms with E-state index in [1.54, 1.807) is 49.4 Å². The fourth-order valence-corrected chi connectivity index (χ4v) is 4.42. The summed E-state index contributed by atoms with van der Waals surface area (Å²) in [7, 11) is 0. The number of hydrogen-bond acceptors (Lipinski definition) is 4. The van der Waals surface area contributed by atoms with Crippen LogP contribution >= 0.6 is 23.2 Å². The lowest BCUT2D eigenvalue weighted by Gasteiger charge is -2.25. The van der Waals surface area contributed by atoms with Gasteiger partial charge in [-0.15, -0.1) is 0 Å². The van der Waals surface area contributed by atoms with Crippen molar-refractivity contribution in [2.75, 3.05) is 0 Å². The highest BCUT2D eigenvalue weighted by molar-refractivity contribution is 6.35. The summed E-state index contributed by atoms with van der Waals surface area (Å²) in [5.74, 6) is -1.40. The average molecular weight is 466 g/mol. The van der Waals surface area contributed by atoms with Crippen LogP contribution in [0.5, 0.6) is 0 Å². The second-order valence-electron chi connectivity index (χ2n) is 7.43. The summed E-state index contributed by atoms with van der Waals surface area (Å²) in [4.78, 5) is 35.9. The lowest BCUT2D eigenvalue weighted by molar-refractivity contribution is 0.0595. The standard InChI is InChI=1S/C24H14Cl2FN3O2/c1-12(30-23(31)15-6-2-3-7-16(15)24(30)32)17-9-13-5-4-8-19(25)20(13)29-21(17)18-10-14(27)11-28-22(18)26/h2-12H,1H3. The average Bonchev–Trinajstić information content (AvgIpc) is 3.05. The number of fused-ring (bicyclic) bond motifs is 2. The zero-order valence-electron chi connectivity index (χ0n) is 16.6. The Bertz CT molecular complexity index is 1410. The number of halogens is 3. The highest BCUT2D eigenvalue weighted by Crippen LogP contribution is 2.39. The van der Waals surface area contributed by atoms with Gasteiger partial charge < -0.3 is 0 Å². The first-order valence-electron chi connectivity index (χ1n) is 9.74. The molecule has 2 amide bonds. The highest BCUT2D eigenvalue weighted by atomic mass is 35.5. The molecule has 0 saturated carbocycles. The third-order valence-electron chi connectivity index (χ3n) is 5.55. The molecule has 32 heavy (non-hydrogen) atoms. The summed E-state index contributed by atoms with van der Waals surface area (Å²) in [6.07, 6.45) is 1.01. The minimum absolute atomic E-state index is 0.0427. The predicted molar refractivity (Wildman–Crippen MR) is 120 cm³/mol. The lowest BCUT2D eigenvalue weighted by Crippen LogP contribution is -2.33. The molecule has 8 heteroatoms. The summed E-state index contributed by atoms with van der Waals surface area (Å²) < 4.78 is 14.1. The molecular formula is C24H14Cl2FN3O2. The Kier molecular flexibility index (Phi) is 4.92. The molecule has 1 atom stereocenters. The summed E-state index contributed by atoms with van der Waals surface area (Å²) in [6, 6.07) is 14.2. The summed E-state index contributed by atoms with van der Waals surface area (Å²) >= 11 is 12.6. The van der Waals surface area contributed by atoms with Crippen molar-refractivity contribution in [1.29, 1.82) is 0 Å². The molecule has 0 aliphatic carbocycles. The SMILES string of the molecule is CC(c1cc2cccc(Cl)c2nc1-c1cc(F)cnc1Cl)N1C(=O)c2ccccc2C1=O. The van der Waals surface area contributed by atoms with Gasteiger partial charge in [-0.05, 0) is 37.3 Å². The van der Waals surface area contributed by atoms with Gasteiger partial charge in [0, 0.05) is 16.5 Å². The minimum Gasteiger partial charge on any atom is -0.269 e. The van der Waals surface area contributed by atoms with Gasteiger partial charge in [0.15, 0.2) is 0 Å². The van der Waals surface area contributed by atoms with Gasteiger partial charge in [-0.1, -0.05) is 47.5 Å². The number of benzene rings is 2. The van der Waals surface area contributed by atoms with E-state index in [0.29, 0.717) is 38.3 Å². The summed E-state index contributed by atoms with van der Waals surface area (Å²) in [6.45, 7) is 1.72. The van der Waals surface area contributed by atoms with Crippen LogP contribution in [0.2, 0.25) is 10.2 Å². The van der Waals surface area contributed by atoms with Gasteiger partial charge in [0.05, 0.1) is 39.6 Å². The molecule has 1 aliphatic heterocycles. The number of carbonyl (C=O) groups is 2. The maximum absolute atomic E-state index is 14.1. The Balaban J connectivity index is 1.74. The van der Waals surface area contributed by atoms with E-state index >= 15 is 0 Å². The highest BCUT2D eigenvalue weighted by Gasteiger charge is 2.39. The number of nitrogens with zero attached hydrogens (tertiary/aromatic N) is 3. The van der Waals surface area contributed by atoms with Crippen LogP contribution < -0.4 is 0 Å². The fourth-order valence-electron chi connectivity index (χ4n) is 4.00. The molecule has 2 aromatic heterocycles. The Morgan fingerprint density at radius 2 is 1.62 bits per heavy atom. The quantitative estimate of drug-likeness (QED) is 0.270. The number of carbonyl (C=O) groups excluding carboxylic acids is 2. The second kappa shape index (κ2) is 7.65. The third-order valence-corrected chi connectivity index (χ3v) is 6.16. The lowest BCUT2D eigenvalue weighted by atomic mass is 9.98. The molecule has 158 valence electrons. The maximum Gasteiger partial charge on any atom is 0.262 e. The van der Waals surface area contributed by atoms with Gasteiger partial charge in [-0.2, -0.15) is 0 Å². The molecule has 3 heterocycles. The van der Waals surface area contributed by atoms with Crippen molar-refractivity contribution >= 4 is 45.9 Å². The first-order chi connectivity index (χ1) is 15.4. The van der Waals surface area contributed by atoms with Gasteiger partial charge >= 0.3 is 0 Å². The monoisotopic (exact) mass is 465 g/mol. The van der Waals surface area contributed by atoms with Crippen molar-refractivity contribution < 1.29 is 14.0 Å². The number of para-hydroxylation sites is 1. The molecule has 5 rings (SSSR count). The van der Waals surface area contributed by atoms with E-state index in [9.17, 15) is 14.0 Å². The molecule has 0 radical (unpaired) electrons. The van der Waals surface area contributed by atoms with E-state index in [1.807, 2.05) is 6.07 Å². The van der Waals surface area contributed by atoms with Crippen LogP contribution in [0.4, 0.5) is 4.39 Å². The van der Waals surface area contributed by atoms with Gasteiger partial charge in [0.25, 0.3) is 11.8 Å². The van der Waals surface area contributed by atoms with Crippen molar-refractivity contribution in [2.45, 2.75) is 13.0 Å². The van der Waals surface area contributed by atoms with Crippen molar-refractivity contribution in [3.8, 4) is 11.3 Å². The van der Waals surface area contributed by atoms with E-state index in [-0.39, 0.29) is 10.7 Å². The van der Waals surface area contributed by atoms with Crippen molar-refractivity contribution in [1.82, 2.24) is 14.9 Å². The van der Waals surface area contributed by atoms with Crippen LogP contribution in [0, 0.1) is 5.82 Å². The predicted octanol–water partition coefficient (Wildman–Crippen LogP) is 6.10. The van der Waals surface area contributed by atoms with E-state index in [1.165, 1.54) is 11.0 Å². The molecule has 1 unspecified atom stereocenters. The molecule has 5 nitrogen and oxygen atoms in total. The zero-order chi connectivity index (χ0) is 22.6. The number of imide groups is 1. The summed E-state index contributed by atoms with van der Waals surface area (Å²) in [5, 5.41) is 1.16. The van der Waals surface area contributed by atoms with E-state index in [2.05, 4.69) is 9.97 Å². The fraction of sp³-hybridized carbons (Fsp3) is 0.0833. The third kappa shape index (κ3) is 3.15. The van der Waals surface area contributed by atoms with Crippen molar-refractivity contribution in [3.05, 3.63) is 93.5 Å². The van der Waals surface area contributed by atoms with Crippen LogP contribution in [0.25, 0.3) is 22.2 Å². The van der Waals surface area contributed by atoms with E-state index in [0.717, 1.165) is 6.20 Å². The molecule has 0 N–H and O–H groups in total. The smallest absolute Gasteiger partial charge is 0.262 e. The first-order valence-corrected chi connectivity index (χ1v) is 10.5. The number of aromatic nitrogens is 2. The van der Waals surface area contributed by atoms with Crippen LogP contribution in [0.3, 0.4) is 0 Å². The van der Waals surface area contributed by atoms with Crippen LogP contribution in [-0.2, 0) is 0 Å². The molecule has 4 aromatic rings. The van der Waals surface area contributed by atoms with Crippen molar-refractivity contribution in [3.63, 3.8) is 0 Å². The Labute approximate surface area is 192 Å². The number of amides is 2. The van der Waals surface area contributed by atoms with Crippen LogP contribution in [0.1, 0.15) is 39.2 Å². The van der Waals surface area contributed by atoms with Gasteiger partial charge in [-0.25, -0.2) is 14.4 Å². The number of pyridine rings is 2. The largest absolute Gasteiger partial charge is 0.269 e. The summed E-state index contributed by atoms with van der Waals surface area (Å²) in [5.41, 5.74) is 2.23. The van der Waals surface area contributed by atoms with Gasteiger partial charge in [0.2, 0.25) is 0 Å². The molecule has 0 saturated heterocycles. The second-order valence-corrected chi connectivity index (χ2v) is 8.20. The molecule has 2 aromatic carbocycles. The van der Waals surface area contributed by atoms with E-state index in [4.69, 9.17) is 23.2 Å². The Morgan fingerprint density at radius 3 is 2.31 bits per heavy atom. The molecule has 0 spiro atoms. The van der Waals surface area contributed by atoms with Crippen LogP contribution in [-0.4, -0.2) is 26.7 Å². The number of hydrogen-bond donors (Lipinski definition) is 0. The molecule has 1 aliphatic rings. The van der Waals surface area contributed by atoms with E-state index < -0.39 is 23.7 Å². The minimum atomic E-state index is -0.715.